The molecular weight excluding hydrogens is 198 g/mol. The van der Waals surface area contributed by atoms with E-state index in [1.807, 2.05) is 0 Å². The number of thiazole rings is 1. The van der Waals surface area contributed by atoms with Crippen LogP contribution in [0.2, 0.25) is 0 Å². The average molecular weight is 215 g/mol. The molecule has 74 valence electrons. The van der Waals surface area contributed by atoms with Crippen LogP contribution in [0.3, 0.4) is 0 Å². The molecule has 0 atom stereocenters. The molecule has 0 N–H and O–H groups in total. The number of aromatic nitrogens is 1. The molecule has 0 aliphatic carbocycles. The summed E-state index contributed by atoms with van der Waals surface area (Å²) in [5, 5.41) is 3.46. The Hall–Kier alpha value is -0.0200. The van der Waals surface area contributed by atoms with Crippen LogP contribution < -0.4 is 0 Å². The highest BCUT2D eigenvalue weighted by atomic mass is 32.1. The SMILES string of the molecule is CC(C)Cc1csc(CCCS)n1. The largest absolute Gasteiger partial charge is 0.246 e. The third kappa shape index (κ3) is 4.14. The molecule has 3 heteroatoms. The maximum Gasteiger partial charge on any atom is 0.0928 e. The molecular formula is C10H17NS2. The molecule has 0 spiro atoms. The number of hydrogen-bond acceptors (Lipinski definition) is 3. The van der Waals surface area contributed by atoms with Crippen molar-refractivity contribution in [1.82, 2.24) is 4.98 Å². The topological polar surface area (TPSA) is 12.9 Å². The van der Waals surface area contributed by atoms with Gasteiger partial charge in [-0.2, -0.15) is 12.6 Å². The number of aryl methyl sites for hydroxylation is 1. The Balaban J connectivity index is 2.44. The van der Waals surface area contributed by atoms with Crippen molar-refractivity contribution in [3.63, 3.8) is 0 Å². The maximum atomic E-state index is 4.57. The van der Waals surface area contributed by atoms with E-state index in [4.69, 9.17) is 0 Å². The molecule has 1 aromatic rings. The number of thiol groups is 1. The molecule has 0 saturated carbocycles. The van der Waals surface area contributed by atoms with Crippen LogP contribution in [-0.4, -0.2) is 10.7 Å². The van der Waals surface area contributed by atoms with Gasteiger partial charge < -0.3 is 0 Å². The van der Waals surface area contributed by atoms with Gasteiger partial charge in [0.1, 0.15) is 0 Å². The van der Waals surface area contributed by atoms with Gasteiger partial charge in [-0.05, 0) is 24.5 Å². The molecule has 0 saturated heterocycles. The summed E-state index contributed by atoms with van der Waals surface area (Å²) in [6.07, 6.45) is 3.33. The maximum absolute atomic E-state index is 4.57. The van der Waals surface area contributed by atoms with Gasteiger partial charge in [0, 0.05) is 11.8 Å². The third-order valence-electron chi connectivity index (χ3n) is 1.77. The Kier molecular flexibility index (Phi) is 4.81. The molecule has 0 amide bonds. The van der Waals surface area contributed by atoms with E-state index in [0.29, 0.717) is 5.92 Å². The first kappa shape index (κ1) is 11.1. The number of nitrogens with zero attached hydrogens (tertiary/aromatic N) is 1. The van der Waals surface area contributed by atoms with Gasteiger partial charge in [0.05, 0.1) is 10.7 Å². The van der Waals surface area contributed by atoms with Crippen LogP contribution in [-0.2, 0) is 12.8 Å². The summed E-state index contributed by atoms with van der Waals surface area (Å²) in [5.74, 6) is 1.67. The van der Waals surface area contributed by atoms with Crippen LogP contribution >= 0.6 is 24.0 Å². The highest BCUT2D eigenvalue weighted by Crippen LogP contribution is 2.14. The minimum atomic E-state index is 0.708. The van der Waals surface area contributed by atoms with Crippen LogP contribution in [0.15, 0.2) is 5.38 Å². The van der Waals surface area contributed by atoms with Crippen LogP contribution in [0.4, 0.5) is 0 Å². The van der Waals surface area contributed by atoms with Crippen molar-refractivity contribution < 1.29 is 0 Å². The van der Waals surface area contributed by atoms with Gasteiger partial charge in [-0.25, -0.2) is 4.98 Å². The fourth-order valence-corrected chi connectivity index (χ4v) is 2.22. The van der Waals surface area contributed by atoms with E-state index in [0.717, 1.165) is 25.0 Å². The normalized spacial score (nSPS) is 11.1. The molecule has 0 radical (unpaired) electrons. The molecule has 1 heterocycles. The van der Waals surface area contributed by atoms with E-state index in [9.17, 15) is 0 Å². The van der Waals surface area contributed by atoms with E-state index in [-0.39, 0.29) is 0 Å². The fourth-order valence-electron chi connectivity index (χ4n) is 1.21. The van der Waals surface area contributed by atoms with Gasteiger partial charge in [-0.1, -0.05) is 13.8 Å². The molecule has 0 aromatic carbocycles. The fraction of sp³-hybridized carbons (Fsp3) is 0.700. The van der Waals surface area contributed by atoms with Crippen molar-refractivity contribution in [3.05, 3.63) is 16.1 Å². The lowest BCUT2D eigenvalue weighted by Crippen LogP contribution is -1.94. The summed E-state index contributed by atoms with van der Waals surface area (Å²) >= 11 is 5.98. The van der Waals surface area contributed by atoms with Gasteiger partial charge in [0.15, 0.2) is 0 Å². The molecule has 0 fully saturated rings. The van der Waals surface area contributed by atoms with E-state index < -0.39 is 0 Å². The monoisotopic (exact) mass is 215 g/mol. The summed E-state index contributed by atoms with van der Waals surface area (Å²) < 4.78 is 0. The van der Waals surface area contributed by atoms with Crippen molar-refractivity contribution in [2.45, 2.75) is 33.1 Å². The van der Waals surface area contributed by atoms with Crippen LogP contribution in [0.25, 0.3) is 0 Å². The lowest BCUT2D eigenvalue weighted by atomic mass is 10.1. The van der Waals surface area contributed by atoms with Crippen molar-refractivity contribution in [2.24, 2.45) is 5.92 Å². The third-order valence-corrected chi connectivity index (χ3v) is 3.04. The van der Waals surface area contributed by atoms with Crippen molar-refractivity contribution in [3.8, 4) is 0 Å². The van der Waals surface area contributed by atoms with Gasteiger partial charge in [-0.15, -0.1) is 11.3 Å². The Morgan fingerprint density at radius 1 is 1.54 bits per heavy atom. The molecule has 1 aromatic heterocycles. The van der Waals surface area contributed by atoms with Crippen molar-refractivity contribution in [1.29, 1.82) is 0 Å². The summed E-state index contributed by atoms with van der Waals surface area (Å²) in [6.45, 7) is 4.46. The number of hydrogen-bond donors (Lipinski definition) is 1. The highest BCUT2D eigenvalue weighted by molar-refractivity contribution is 7.80. The molecule has 0 aliphatic heterocycles. The van der Waals surface area contributed by atoms with Crippen LogP contribution in [0.5, 0.6) is 0 Å². The van der Waals surface area contributed by atoms with Gasteiger partial charge in [-0.3, -0.25) is 0 Å². The predicted octanol–water partition coefficient (Wildman–Crippen LogP) is 3.20. The highest BCUT2D eigenvalue weighted by Gasteiger charge is 2.03. The second kappa shape index (κ2) is 5.66. The summed E-state index contributed by atoms with van der Waals surface area (Å²) in [6, 6.07) is 0. The minimum Gasteiger partial charge on any atom is -0.246 e. The van der Waals surface area contributed by atoms with Crippen LogP contribution in [0, 0.1) is 5.92 Å². The first-order valence-electron chi connectivity index (χ1n) is 4.76. The molecule has 13 heavy (non-hydrogen) atoms. The van der Waals surface area contributed by atoms with Gasteiger partial charge >= 0.3 is 0 Å². The standard InChI is InChI=1S/C10H17NS2/c1-8(2)6-9-7-13-10(11-9)4-3-5-12/h7-8,12H,3-6H2,1-2H3. The second-order valence-corrected chi connectivity index (χ2v) is 5.05. The van der Waals surface area contributed by atoms with E-state index in [1.165, 1.54) is 10.7 Å². The zero-order valence-corrected chi connectivity index (χ0v) is 10.00. The second-order valence-electron chi connectivity index (χ2n) is 3.66. The summed E-state index contributed by atoms with van der Waals surface area (Å²) in [4.78, 5) is 4.57. The van der Waals surface area contributed by atoms with Crippen LogP contribution in [0.1, 0.15) is 31.0 Å². The average Bonchev–Trinajstić information content (AvgIpc) is 2.48. The zero-order valence-electron chi connectivity index (χ0n) is 8.29. The summed E-state index contributed by atoms with van der Waals surface area (Å²) in [5.41, 5.74) is 1.26. The summed E-state index contributed by atoms with van der Waals surface area (Å²) in [7, 11) is 0. The first-order chi connectivity index (χ1) is 6.22. The Labute approximate surface area is 90.0 Å². The molecule has 1 nitrogen and oxygen atoms in total. The Morgan fingerprint density at radius 3 is 2.92 bits per heavy atom. The lowest BCUT2D eigenvalue weighted by Gasteiger charge is -1.98. The van der Waals surface area contributed by atoms with E-state index in [1.54, 1.807) is 11.3 Å². The minimum absolute atomic E-state index is 0.708. The Bertz CT molecular complexity index is 243. The first-order valence-corrected chi connectivity index (χ1v) is 6.27. The quantitative estimate of drug-likeness (QED) is 0.744. The molecule has 0 aliphatic rings. The molecule has 1 rings (SSSR count). The zero-order chi connectivity index (χ0) is 9.68. The number of rotatable bonds is 5. The predicted molar refractivity (Wildman–Crippen MR) is 62.8 cm³/mol. The van der Waals surface area contributed by atoms with Gasteiger partial charge in [0.25, 0.3) is 0 Å². The van der Waals surface area contributed by atoms with Gasteiger partial charge in [0.2, 0.25) is 0 Å². The molecule has 0 bridgehead atoms. The van der Waals surface area contributed by atoms with Crippen molar-refractivity contribution >= 4 is 24.0 Å². The Morgan fingerprint density at radius 2 is 2.31 bits per heavy atom. The molecule has 0 unspecified atom stereocenters. The van der Waals surface area contributed by atoms with Crippen molar-refractivity contribution in [2.75, 3.05) is 5.75 Å². The lowest BCUT2D eigenvalue weighted by molar-refractivity contribution is 0.636. The van der Waals surface area contributed by atoms with E-state index in [2.05, 4.69) is 36.8 Å². The van der Waals surface area contributed by atoms with E-state index >= 15 is 0 Å². The smallest absolute Gasteiger partial charge is 0.0928 e.